The van der Waals surface area contributed by atoms with E-state index in [2.05, 4.69) is 15.1 Å². The van der Waals surface area contributed by atoms with Crippen molar-refractivity contribution in [3.8, 4) is 17.0 Å². The van der Waals surface area contributed by atoms with Gasteiger partial charge in [0.1, 0.15) is 5.82 Å². The van der Waals surface area contributed by atoms with Crippen molar-refractivity contribution in [2.45, 2.75) is 13.0 Å². The smallest absolute Gasteiger partial charge is 0.219 e. The van der Waals surface area contributed by atoms with Crippen LogP contribution in [0.15, 0.2) is 35.5 Å². The Hall–Kier alpha value is -2.73. The van der Waals surface area contributed by atoms with Gasteiger partial charge < -0.3 is 15.0 Å². The monoisotopic (exact) mass is 325 g/mol. The molecule has 0 saturated carbocycles. The molecule has 0 saturated heterocycles. The molecule has 24 heavy (non-hydrogen) atoms. The van der Waals surface area contributed by atoms with Crippen molar-refractivity contribution >= 4 is 16.6 Å². The van der Waals surface area contributed by atoms with E-state index in [1.807, 2.05) is 7.05 Å². The number of nitroso groups, excluding NO2 is 1. The highest BCUT2D eigenvalue weighted by Gasteiger charge is 2.25. The molecule has 0 bridgehead atoms. The first-order valence-electron chi connectivity index (χ1n) is 7.76. The highest BCUT2D eigenvalue weighted by molar-refractivity contribution is 6.00. The molecule has 0 unspecified atom stereocenters. The molecule has 0 aliphatic carbocycles. The zero-order valence-corrected chi connectivity index (χ0v) is 13.1. The Bertz CT molecular complexity index is 965. The lowest BCUT2D eigenvalue weighted by Gasteiger charge is -2.27. The number of rotatable bonds is 2. The molecule has 0 amide bonds. The summed E-state index contributed by atoms with van der Waals surface area (Å²) in [6.45, 7) is 1.53. The molecule has 0 spiro atoms. The molecule has 1 aliphatic rings. The Morgan fingerprint density at radius 3 is 2.79 bits per heavy atom. The van der Waals surface area contributed by atoms with Gasteiger partial charge in [-0.1, -0.05) is 18.2 Å². The van der Waals surface area contributed by atoms with Crippen molar-refractivity contribution in [2.24, 2.45) is 5.18 Å². The molecule has 2 aromatic carbocycles. The summed E-state index contributed by atoms with van der Waals surface area (Å²) in [4.78, 5) is 16.1. The van der Waals surface area contributed by atoms with Crippen LogP contribution < -0.4 is 0 Å². The van der Waals surface area contributed by atoms with Crippen molar-refractivity contribution in [1.82, 2.24) is 9.88 Å². The fraction of sp³-hybridized carbons (Fsp3) is 0.222. The Morgan fingerprint density at radius 1 is 1.25 bits per heavy atom. The second-order valence-electron chi connectivity index (χ2n) is 6.18. The molecule has 2 heterocycles. The van der Waals surface area contributed by atoms with Crippen LogP contribution in [-0.2, 0) is 13.0 Å². The minimum atomic E-state index is -0.307. The van der Waals surface area contributed by atoms with E-state index < -0.39 is 0 Å². The number of hydrogen-bond donors (Lipinski definition) is 2. The van der Waals surface area contributed by atoms with Crippen LogP contribution in [0.4, 0.5) is 10.1 Å². The molecule has 0 fully saturated rings. The average molecular weight is 325 g/mol. The van der Waals surface area contributed by atoms with Crippen molar-refractivity contribution in [3.63, 3.8) is 0 Å². The van der Waals surface area contributed by atoms with Gasteiger partial charge in [-0.15, -0.1) is 4.91 Å². The van der Waals surface area contributed by atoms with Gasteiger partial charge in [0, 0.05) is 24.0 Å². The summed E-state index contributed by atoms with van der Waals surface area (Å²) in [6, 6.07) is 8.35. The number of benzene rings is 2. The lowest BCUT2D eigenvalue weighted by molar-refractivity contribution is 0.314. The number of nitrogens with zero attached hydrogens (tertiary/aromatic N) is 2. The molecule has 0 atom stereocenters. The lowest BCUT2D eigenvalue weighted by Crippen LogP contribution is -2.27. The maximum absolute atomic E-state index is 14.4. The van der Waals surface area contributed by atoms with Crippen LogP contribution in [0.3, 0.4) is 0 Å². The number of likely N-dealkylation sites (N-methyl/N-ethyl adjacent to an activating group) is 1. The van der Waals surface area contributed by atoms with Crippen molar-refractivity contribution in [2.75, 3.05) is 13.6 Å². The zero-order valence-electron chi connectivity index (χ0n) is 13.1. The fourth-order valence-corrected chi connectivity index (χ4v) is 3.54. The molecule has 2 N–H and O–H groups in total. The van der Waals surface area contributed by atoms with Crippen molar-refractivity contribution in [3.05, 3.63) is 52.2 Å². The molecular weight excluding hydrogens is 309 g/mol. The molecule has 6 heteroatoms. The van der Waals surface area contributed by atoms with Crippen LogP contribution in [0.2, 0.25) is 0 Å². The number of fused-ring (bicyclic) bond motifs is 3. The average Bonchev–Trinajstić information content (AvgIpc) is 2.90. The minimum Gasteiger partial charge on any atom is -0.493 e. The quantitative estimate of drug-likeness (QED) is 0.698. The van der Waals surface area contributed by atoms with Gasteiger partial charge in [-0.05, 0) is 47.5 Å². The van der Waals surface area contributed by atoms with E-state index in [0.29, 0.717) is 23.0 Å². The number of aromatic amines is 1. The summed E-state index contributed by atoms with van der Waals surface area (Å²) in [5, 5.41) is 13.4. The predicted molar refractivity (Wildman–Crippen MR) is 90.9 cm³/mol. The van der Waals surface area contributed by atoms with E-state index in [4.69, 9.17) is 0 Å². The summed E-state index contributed by atoms with van der Waals surface area (Å²) >= 11 is 0. The first kappa shape index (κ1) is 14.8. The van der Waals surface area contributed by atoms with Crippen LogP contribution >= 0.6 is 0 Å². The van der Waals surface area contributed by atoms with Crippen LogP contribution in [0.1, 0.15) is 11.1 Å². The molecular formula is C18H16FN3O2. The summed E-state index contributed by atoms with van der Waals surface area (Å²) in [7, 11) is 2.01. The van der Waals surface area contributed by atoms with E-state index in [0.717, 1.165) is 29.7 Å². The Kier molecular flexibility index (Phi) is 3.35. The minimum absolute atomic E-state index is 0.0291. The third-order valence-corrected chi connectivity index (χ3v) is 4.70. The summed E-state index contributed by atoms with van der Waals surface area (Å²) in [5.41, 5.74) is 3.95. The van der Waals surface area contributed by atoms with E-state index >= 15 is 0 Å². The van der Waals surface area contributed by atoms with Gasteiger partial charge in [-0.2, -0.15) is 0 Å². The van der Waals surface area contributed by atoms with Gasteiger partial charge in [-0.25, -0.2) is 4.39 Å². The molecule has 122 valence electrons. The molecule has 1 aromatic heterocycles. The number of H-pyrrole nitrogens is 1. The van der Waals surface area contributed by atoms with Crippen LogP contribution in [0, 0.1) is 10.7 Å². The van der Waals surface area contributed by atoms with Gasteiger partial charge in [-0.3, -0.25) is 0 Å². The topological polar surface area (TPSA) is 68.7 Å². The summed E-state index contributed by atoms with van der Waals surface area (Å²) < 4.78 is 14.4. The van der Waals surface area contributed by atoms with Gasteiger partial charge >= 0.3 is 0 Å². The fourth-order valence-electron chi connectivity index (χ4n) is 3.54. The summed E-state index contributed by atoms with van der Waals surface area (Å²) in [6.07, 6.45) is 0.773. The van der Waals surface area contributed by atoms with Gasteiger partial charge in [0.15, 0.2) is 5.69 Å². The Morgan fingerprint density at radius 2 is 2.04 bits per heavy atom. The molecule has 4 rings (SSSR count). The van der Waals surface area contributed by atoms with Gasteiger partial charge in [0.2, 0.25) is 5.88 Å². The highest BCUT2D eigenvalue weighted by Crippen LogP contribution is 2.43. The maximum Gasteiger partial charge on any atom is 0.219 e. The molecule has 3 aromatic rings. The van der Waals surface area contributed by atoms with Crippen LogP contribution in [0.25, 0.3) is 22.0 Å². The van der Waals surface area contributed by atoms with Crippen LogP contribution in [-0.4, -0.2) is 28.6 Å². The van der Waals surface area contributed by atoms with Gasteiger partial charge in [0.05, 0.1) is 5.52 Å². The summed E-state index contributed by atoms with van der Waals surface area (Å²) in [5.74, 6) is -0.556. The third kappa shape index (κ3) is 2.11. The molecule has 1 aliphatic heterocycles. The zero-order chi connectivity index (χ0) is 16.8. The largest absolute Gasteiger partial charge is 0.493 e. The number of nitrogens with one attached hydrogen (secondary N) is 1. The van der Waals surface area contributed by atoms with Crippen molar-refractivity contribution < 1.29 is 9.50 Å². The second kappa shape index (κ2) is 5.42. The van der Waals surface area contributed by atoms with Crippen LogP contribution in [0.5, 0.6) is 5.88 Å². The second-order valence-corrected chi connectivity index (χ2v) is 6.18. The van der Waals surface area contributed by atoms with Crippen molar-refractivity contribution in [1.29, 1.82) is 0 Å². The standard InChI is InChI=1S/C18H16FN3O2/c1-22-7-6-10-12(11-4-2-3-5-15(11)19)8-13-16(14(10)9-22)20-18(23)17(13)21-24/h2-5,8,20,23H,6-7,9H2,1H3. The first-order chi connectivity index (χ1) is 11.6. The number of aromatic nitrogens is 1. The maximum atomic E-state index is 14.4. The van der Waals surface area contributed by atoms with E-state index in [-0.39, 0.29) is 17.4 Å². The van der Waals surface area contributed by atoms with E-state index in [1.165, 1.54) is 6.07 Å². The number of aromatic hydroxyl groups is 1. The predicted octanol–water partition coefficient (Wildman–Crippen LogP) is 4.07. The first-order valence-corrected chi connectivity index (χ1v) is 7.76. The number of halogens is 1. The highest BCUT2D eigenvalue weighted by atomic mass is 19.1. The Balaban J connectivity index is 2.10. The lowest BCUT2D eigenvalue weighted by atomic mass is 9.88. The van der Waals surface area contributed by atoms with E-state index in [9.17, 15) is 14.4 Å². The molecule has 0 radical (unpaired) electrons. The van der Waals surface area contributed by atoms with Gasteiger partial charge in [0.25, 0.3) is 0 Å². The molecule has 5 nitrogen and oxygen atoms in total. The SMILES string of the molecule is CN1CCc2c(-c3ccccc3F)cc3c(N=O)c(O)[nH]c3c2C1. The van der Waals surface area contributed by atoms with E-state index in [1.54, 1.807) is 24.3 Å². The Labute approximate surface area is 137 Å². The third-order valence-electron chi connectivity index (χ3n) is 4.70. The normalized spacial score (nSPS) is 14.8. The number of hydrogen-bond acceptors (Lipinski definition) is 4.